The van der Waals surface area contributed by atoms with E-state index in [1.807, 2.05) is 13.8 Å². The Morgan fingerprint density at radius 3 is 2.60 bits per heavy atom. The number of amides is 1. The highest BCUT2D eigenvalue weighted by Crippen LogP contribution is 2.35. The van der Waals surface area contributed by atoms with Gasteiger partial charge in [0.25, 0.3) is 0 Å². The molecule has 0 unspecified atom stereocenters. The van der Waals surface area contributed by atoms with Gasteiger partial charge in [0.15, 0.2) is 0 Å². The van der Waals surface area contributed by atoms with Gasteiger partial charge in [-0.3, -0.25) is 4.79 Å². The standard InChI is InChI=1S/C15H24N2O3/c1-11-13(12(2)20-17-11)8-14(19)16-9-15(10-18)6-4-3-5-7-15/h18H,3-10H2,1-2H3,(H,16,19). The average Bonchev–Trinajstić information content (AvgIpc) is 2.78. The smallest absolute Gasteiger partial charge is 0.224 e. The Kier molecular flexibility index (Phi) is 4.81. The second-order valence-corrected chi connectivity index (χ2v) is 5.98. The van der Waals surface area contributed by atoms with Crippen LogP contribution in [0.5, 0.6) is 0 Å². The SMILES string of the molecule is Cc1noc(C)c1CC(=O)NCC1(CO)CCCCC1. The molecule has 0 radical (unpaired) electrons. The van der Waals surface area contributed by atoms with E-state index in [0.29, 0.717) is 18.7 Å². The Balaban J connectivity index is 1.88. The van der Waals surface area contributed by atoms with Crippen LogP contribution in [0.25, 0.3) is 0 Å². The summed E-state index contributed by atoms with van der Waals surface area (Å²) in [6.07, 6.45) is 5.79. The topological polar surface area (TPSA) is 75.4 Å². The molecule has 5 nitrogen and oxygen atoms in total. The Bertz CT molecular complexity index is 442. The normalized spacial score (nSPS) is 17.9. The second kappa shape index (κ2) is 6.39. The van der Waals surface area contributed by atoms with E-state index in [9.17, 15) is 9.90 Å². The molecule has 1 aliphatic rings. The summed E-state index contributed by atoms with van der Waals surface area (Å²) in [4.78, 5) is 12.1. The van der Waals surface area contributed by atoms with Gasteiger partial charge in [-0.15, -0.1) is 0 Å². The van der Waals surface area contributed by atoms with Crippen LogP contribution in [0, 0.1) is 19.3 Å². The van der Waals surface area contributed by atoms with Gasteiger partial charge < -0.3 is 14.9 Å². The zero-order valence-electron chi connectivity index (χ0n) is 12.4. The van der Waals surface area contributed by atoms with Crippen molar-refractivity contribution in [1.29, 1.82) is 0 Å². The molecule has 112 valence electrons. The lowest BCUT2D eigenvalue weighted by atomic mass is 9.74. The Morgan fingerprint density at radius 2 is 2.05 bits per heavy atom. The quantitative estimate of drug-likeness (QED) is 0.863. The van der Waals surface area contributed by atoms with Crippen LogP contribution in [-0.4, -0.2) is 29.3 Å². The number of aromatic nitrogens is 1. The maximum absolute atomic E-state index is 12.1. The van der Waals surface area contributed by atoms with E-state index in [0.717, 1.165) is 36.9 Å². The maximum atomic E-state index is 12.1. The number of hydrogen-bond acceptors (Lipinski definition) is 4. The van der Waals surface area contributed by atoms with Crippen molar-refractivity contribution >= 4 is 5.91 Å². The molecule has 5 heteroatoms. The minimum Gasteiger partial charge on any atom is -0.396 e. The third kappa shape index (κ3) is 3.39. The number of nitrogens with one attached hydrogen (secondary N) is 1. The molecule has 0 aromatic carbocycles. The third-order valence-corrected chi connectivity index (χ3v) is 4.43. The highest BCUT2D eigenvalue weighted by atomic mass is 16.5. The number of rotatable bonds is 5. The van der Waals surface area contributed by atoms with Gasteiger partial charge >= 0.3 is 0 Å². The first-order valence-electron chi connectivity index (χ1n) is 7.36. The first-order valence-corrected chi connectivity index (χ1v) is 7.36. The second-order valence-electron chi connectivity index (χ2n) is 5.98. The summed E-state index contributed by atoms with van der Waals surface area (Å²) < 4.78 is 5.06. The molecule has 0 aliphatic heterocycles. The van der Waals surface area contributed by atoms with Crippen LogP contribution in [-0.2, 0) is 11.2 Å². The molecule has 0 atom stereocenters. The van der Waals surface area contributed by atoms with E-state index in [1.54, 1.807) is 0 Å². The van der Waals surface area contributed by atoms with Crippen LogP contribution in [0.2, 0.25) is 0 Å². The van der Waals surface area contributed by atoms with Gasteiger partial charge in [0.05, 0.1) is 18.7 Å². The number of aliphatic hydroxyl groups excluding tert-OH is 1. The molecule has 2 N–H and O–H groups in total. The van der Waals surface area contributed by atoms with Gasteiger partial charge in [0, 0.05) is 17.5 Å². The summed E-state index contributed by atoms with van der Waals surface area (Å²) in [5.74, 6) is 0.671. The largest absolute Gasteiger partial charge is 0.396 e. The lowest BCUT2D eigenvalue weighted by Crippen LogP contribution is -2.41. The van der Waals surface area contributed by atoms with Gasteiger partial charge in [-0.25, -0.2) is 0 Å². The molecule has 0 spiro atoms. The van der Waals surface area contributed by atoms with E-state index >= 15 is 0 Å². The number of carbonyl (C=O) groups is 1. The fourth-order valence-electron chi connectivity index (χ4n) is 2.96. The molecule has 1 amide bonds. The van der Waals surface area contributed by atoms with Crippen molar-refractivity contribution in [2.45, 2.75) is 52.4 Å². The van der Waals surface area contributed by atoms with Crippen molar-refractivity contribution in [2.75, 3.05) is 13.2 Å². The predicted octanol–water partition coefficient (Wildman–Crippen LogP) is 1.89. The van der Waals surface area contributed by atoms with Crippen LogP contribution in [0.15, 0.2) is 4.52 Å². The summed E-state index contributed by atoms with van der Waals surface area (Å²) in [7, 11) is 0. The minimum absolute atomic E-state index is 0.0298. The average molecular weight is 280 g/mol. The fourth-order valence-corrected chi connectivity index (χ4v) is 2.96. The lowest BCUT2D eigenvalue weighted by molar-refractivity contribution is -0.121. The van der Waals surface area contributed by atoms with E-state index in [2.05, 4.69) is 10.5 Å². The molecular formula is C15H24N2O3. The molecule has 1 aromatic rings. The number of hydrogen-bond donors (Lipinski definition) is 2. The minimum atomic E-state index is -0.118. The number of nitrogens with zero attached hydrogens (tertiary/aromatic N) is 1. The van der Waals surface area contributed by atoms with Crippen LogP contribution in [0.4, 0.5) is 0 Å². The van der Waals surface area contributed by atoms with E-state index in [4.69, 9.17) is 4.52 Å². The lowest BCUT2D eigenvalue weighted by Gasteiger charge is -2.35. The highest BCUT2D eigenvalue weighted by Gasteiger charge is 2.31. The van der Waals surface area contributed by atoms with Crippen molar-refractivity contribution in [3.8, 4) is 0 Å². The monoisotopic (exact) mass is 280 g/mol. The van der Waals surface area contributed by atoms with Gasteiger partial charge in [0.1, 0.15) is 5.76 Å². The Hall–Kier alpha value is -1.36. The van der Waals surface area contributed by atoms with Gasteiger partial charge in [-0.1, -0.05) is 24.4 Å². The third-order valence-electron chi connectivity index (χ3n) is 4.43. The number of carbonyl (C=O) groups excluding carboxylic acids is 1. The molecule has 20 heavy (non-hydrogen) atoms. The number of aryl methyl sites for hydroxylation is 2. The van der Waals surface area contributed by atoms with Crippen LogP contribution in [0.3, 0.4) is 0 Å². The Morgan fingerprint density at radius 1 is 1.35 bits per heavy atom. The van der Waals surface area contributed by atoms with Crippen molar-refractivity contribution in [3.63, 3.8) is 0 Å². The van der Waals surface area contributed by atoms with Gasteiger partial charge in [-0.05, 0) is 26.7 Å². The van der Waals surface area contributed by atoms with Crippen LogP contribution in [0.1, 0.15) is 49.1 Å². The zero-order valence-corrected chi connectivity index (χ0v) is 12.4. The van der Waals surface area contributed by atoms with Gasteiger partial charge in [-0.2, -0.15) is 0 Å². The summed E-state index contributed by atoms with van der Waals surface area (Å²) in [6, 6.07) is 0. The van der Waals surface area contributed by atoms with E-state index < -0.39 is 0 Å². The van der Waals surface area contributed by atoms with Crippen molar-refractivity contribution in [3.05, 3.63) is 17.0 Å². The molecule has 2 rings (SSSR count). The van der Waals surface area contributed by atoms with E-state index in [1.165, 1.54) is 6.42 Å². The highest BCUT2D eigenvalue weighted by molar-refractivity contribution is 5.79. The summed E-state index contributed by atoms with van der Waals surface area (Å²) in [5, 5.41) is 16.4. The predicted molar refractivity (Wildman–Crippen MR) is 75.3 cm³/mol. The van der Waals surface area contributed by atoms with Crippen LogP contribution >= 0.6 is 0 Å². The molecule has 1 saturated carbocycles. The van der Waals surface area contributed by atoms with Crippen molar-refractivity contribution in [2.24, 2.45) is 5.41 Å². The summed E-state index contributed by atoms with van der Waals surface area (Å²) >= 11 is 0. The number of aliphatic hydroxyl groups is 1. The maximum Gasteiger partial charge on any atom is 0.224 e. The fraction of sp³-hybridized carbons (Fsp3) is 0.733. The molecule has 1 aliphatic carbocycles. The first kappa shape index (κ1) is 15.0. The zero-order chi connectivity index (χ0) is 14.6. The molecular weight excluding hydrogens is 256 g/mol. The Labute approximate surface area is 119 Å². The first-order chi connectivity index (χ1) is 9.56. The van der Waals surface area contributed by atoms with Crippen LogP contribution < -0.4 is 5.32 Å². The van der Waals surface area contributed by atoms with Gasteiger partial charge in [0.2, 0.25) is 5.91 Å². The summed E-state index contributed by atoms with van der Waals surface area (Å²) in [5.41, 5.74) is 1.52. The molecule has 1 aromatic heterocycles. The van der Waals surface area contributed by atoms with Crippen molar-refractivity contribution in [1.82, 2.24) is 10.5 Å². The van der Waals surface area contributed by atoms with E-state index in [-0.39, 0.29) is 17.9 Å². The summed E-state index contributed by atoms with van der Waals surface area (Å²) in [6.45, 7) is 4.37. The molecule has 1 heterocycles. The molecule has 0 saturated heterocycles. The molecule has 1 fully saturated rings. The van der Waals surface area contributed by atoms with Crippen molar-refractivity contribution < 1.29 is 14.4 Å². The molecule has 0 bridgehead atoms.